The van der Waals surface area contributed by atoms with E-state index in [1.807, 2.05) is 19.1 Å². The standard InChI is InChI=1S/C19H24N2O5/c1-12-6-7-16(26-2)15(9-12)21-11-13(10-17(21)22)18(23)20-8-4-3-5-14(20)19(24)25/h6-7,9,13-14H,3-5,8,10-11H2,1-2H3,(H,24,25)/t13?,14-/m1/s1. The summed E-state index contributed by atoms with van der Waals surface area (Å²) < 4.78 is 5.35. The Labute approximate surface area is 152 Å². The van der Waals surface area contributed by atoms with E-state index in [9.17, 15) is 19.5 Å². The maximum atomic E-state index is 12.9. The predicted molar refractivity (Wildman–Crippen MR) is 95.2 cm³/mol. The van der Waals surface area contributed by atoms with Crippen LogP contribution in [0, 0.1) is 12.8 Å². The van der Waals surface area contributed by atoms with E-state index < -0.39 is 17.9 Å². The Morgan fingerprint density at radius 2 is 2.04 bits per heavy atom. The summed E-state index contributed by atoms with van der Waals surface area (Å²) in [5.74, 6) is -1.29. The highest BCUT2D eigenvalue weighted by Gasteiger charge is 2.41. The molecule has 26 heavy (non-hydrogen) atoms. The monoisotopic (exact) mass is 360 g/mol. The molecule has 1 aromatic carbocycles. The van der Waals surface area contributed by atoms with Gasteiger partial charge in [0.1, 0.15) is 11.8 Å². The molecule has 0 aromatic heterocycles. The molecule has 0 aliphatic carbocycles. The maximum Gasteiger partial charge on any atom is 0.326 e. The number of hydrogen-bond donors (Lipinski definition) is 1. The summed E-state index contributed by atoms with van der Waals surface area (Å²) in [6.07, 6.45) is 2.17. The number of carboxylic acid groups (broad SMARTS) is 1. The van der Waals surface area contributed by atoms with Crippen LogP contribution in [0.5, 0.6) is 5.75 Å². The molecule has 2 amide bonds. The van der Waals surface area contributed by atoms with Crippen LogP contribution in [0.25, 0.3) is 0 Å². The minimum atomic E-state index is -0.973. The van der Waals surface area contributed by atoms with Crippen LogP contribution in [0.2, 0.25) is 0 Å². The van der Waals surface area contributed by atoms with Crippen molar-refractivity contribution in [2.24, 2.45) is 5.92 Å². The number of carboxylic acids is 1. The van der Waals surface area contributed by atoms with Crippen molar-refractivity contribution >= 4 is 23.5 Å². The summed E-state index contributed by atoms with van der Waals surface area (Å²) >= 11 is 0. The van der Waals surface area contributed by atoms with Crippen LogP contribution < -0.4 is 9.64 Å². The van der Waals surface area contributed by atoms with Crippen LogP contribution in [-0.2, 0) is 14.4 Å². The molecule has 2 fully saturated rings. The van der Waals surface area contributed by atoms with Crippen molar-refractivity contribution in [3.05, 3.63) is 23.8 Å². The van der Waals surface area contributed by atoms with Gasteiger partial charge in [-0.05, 0) is 43.9 Å². The van der Waals surface area contributed by atoms with Crippen molar-refractivity contribution in [2.45, 2.75) is 38.6 Å². The molecular weight excluding hydrogens is 336 g/mol. The van der Waals surface area contributed by atoms with Gasteiger partial charge in [-0.2, -0.15) is 0 Å². The lowest BCUT2D eigenvalue weighted by atomic mass is 9.98. The Hall–Kier alpha value is -2.57. The highest BCUT2D eigenvalue weighted by atomic mass is 16.5. The second kappa shape index (κ2) is 7.35. The number of aliphatic carboxylic acids is 1. The normalized spacial score (nSPS) is 23.2. The minimum absolute atomic E-state index is 0.0960. The Kier molecular flexibility index (Phi) is 5.15. The third-order valence-corrected chi connectivity index (χ3v) is 5.17. The third kappa shape index (κ3) is 3.38. The van der Waals surface area contributed by atoms with Gasteiger partial charge in [-0.25, -0.2) is 4.79 Å². The first-order valence-corrected chi connectivity index (χ1v) is 8.90. The van der Waals surface area contributed by atoms with Gasteiger partial charge < -0.3 is 19.6 Å². The van der Waals surface area contributed by atoms with Crippen molar-refractivity contribution in [1.82, 2.24) is 4.90 Å². The molecule has 0 bridgehead atoms. The molecule has 2 atom stereocenters. The molecule has 7 nitrogen and oxygen atoms in total. The van der Waals surface area contributed by atoms with Crippen LogP contribution in [0.3, 0.4) is 0 Å². The molecule has 7 heteroatoms. The zero-order valence-electron chi connectivity index (χ0n) is 15.1. The number of carbonyl (C=O) groups excluding carboxylic acids is 2. The van der Waals surface area contributed by atoms with Gasteiger partial charge in [0.25, 0.3) is 0 Å². The van der Waals surface area contributed by atoms with Crippen molar-refractivity contribution < 1.29 is 24.2 Å². The van der Waals surface area contributed by atoms with Crippen molar-refractivity contribution in [3.8, 4) is 5.75 Å². The van der Waals surface area contributed by atoms with Gasteiger partial charge in [-0.15, -0.1) is 0 Å². The minimum Gasteiger partial charge on any atom is -0.495 e. The van der Waals surface area contributed by atoms with Crippen molar-refractivity contribution in [3.63, 3.8) is 0 Å². The molecule has 1 N–H and O–H groups in total. The molecule has 1 aromatic rings. The highest BCUT2D eigenvalue weighted by molar-refractivity contribution is 6.01. The SMILES string of the molecule is COc1ccc(C)cc1N1CC(C(=O)N2CCCC[C@@H]2C(=O)O)CC1=O. The van der Waals surface area contributed by atoms with E-state index in [1.54, 1.807) is 18.1 Å². The van der Waals surface area contributed by atoms with Gasteiger partial charge in [-0.3, -0.25) is 9.59 Å². The molecule has 2 aliphatic rings. The van der Waals surface area contributed by atoms with Gasteiger partial charge in [0.2, 0.25) is 11.8 Å². The zero-order chi connectivity index (χ0) is 18.8. The Bertz CT molecular complexity index is 733. The fourth-order valence-corrected chi connectivity index (χ4v) is 3.80. The lowest BCUT2D eigenvalue weighted by Gasteiger charge is -2.34. The number of methoxy groups -OCH3 is 1. The van der Waals surface area contributed by atoms with Gasteiger partial charge in [0, 0.05) is 19.5 Å². The summed E-state index contributed by atoms with van der Waals surface area (Å²) in [4.78, 5) is 40.0. The van der Waals surface area contributed by atoms with Crippen molar-refractivity contribution in [2.75, 3.05) is 25.1 Å². The lowest BCUT2D eigenvalue weighted by molar-refractivity contribution is -0.153. The predicted octanol–water partition coefficient (Wildman–Crippen LogP) is 1.82. The quantitative estimate of drug-likeness (QED) is 0.885. The molecular formula is C19H24N2O5. The number of ether oxygens (including phenoxy) is 1. The highest BCUT2D eigenvalue weighted by Crippen LogP contribution is 2.35. The van der Waals surface area contributed by atoms with Gasteiger partial charge in [0.05, 0.1) is 18.7 Å². The van der Waals surface area contributed by atoms with Crippen LogP contribution in [0.1, 0.15) is 31.2 Å². The lowest BCUT2D eigenvalue weighted by Crippen LogP contribution is -2.50. The Morgan fingerprint density at radius 1 is 1.27 bits per heavy atom. The summed E-state index contributed by atoms with van der Waals surface area (Å²) in [5, 5.41) is 9.39. The first-order chi connectivity index (χ1) is 12.4. The fourth-order valence-electron chi connectivity index (χ4n) is 3.80. The largest absolute Gasteiger partial charge is 0.495 e. The third-order valence-electron chi connectivity index (χ3n) is 5.17. The summed E-state index contributed by atoms with van der Waals surface area (Å²) in [6.45, 7) is 2.62. The van der Waals surface area contributed by atoms with E-state index in [0.717, 1.165) is 18.4 Å². The molecule has 2 heterocycles. The molecule has 1 unspecified atom stereocenters. The van der Waals surface area contributed by atoms with Gasteiger partial charge >= 0.3 is 5.97 Å². The number of anilines is 1. The van der Waals surface area contributed by atoms with Gasteiger partial charge in [0.15, 0.2) is 0 Å². The van der Waals surface area contributed by atoms with Gasteiger partial charge in [-0.1, -0.05) is 6.07 Å². The number of rotatable bonds is 4. The van der Waals surface area contributed by atoms with E-state index in [-0.39, 0.29) is 24.8 Å². The molecule has 3 rings (SSSR count). The van der Waals surface area contributed by atoms with E-state index in [2.05, 4.69) is 0 Å². The number of amides is 2. The molecule has 2 saturated heterocycles. The van der Waals surface area contributed by atoms with E-state index in [4.69, 9.17) is 4.74 Å². The van der Waals surface area contributed by atoms with E-state index in [1.165, 1.54) is 4.90 Å². The molecule has 140 valence electrons. The van der Waals surface area contributed by atoms with Crippen LogP contribution in [0.4, 0.5) is 5.69 Å². The van der Waals surface area contributed by atoms with E-state index >= 15 is 0 Å². The Balaban J connectivity index is 1.80. The molecule has 0 saturated carbocycles. The number of aryl methyl sites for hydroxylation is 1. The number of carbonyl (C=O) groups is 3. The summed E-state index contributed by atoms with van der Waals surface area (Å²) in [6, 6.07) is 4.79. The average molecular weight is 360 g/mol. The summed E-state index contributed by atoms with van der Waals surface area (Å²) in [5.41, 5.74) is 1.64. The number of hydrogen-bond acceptors (Lipinski definition) is 4. The number of piperidine rings is 1. The first-order valence-electron chi connectivity index (χ1n) is 8.90. The van der Waals surface area contributed by atoms with Crippen LogP contribution >= 0.6 is 0 Å². The summed E-state index contributed by atoms with van der Waals surface area (Å²) in [7, 11) is 1.54. The second-order valence-electron chi connectivity index (χ2n) is 6.96. The second-order valence-corrected chi connectivity index (χ2v) is 6.96. The number of likely N-dealkylation sites (tertiary alicyclic amines) is 1. The zero-order valence-corrected chi connectivity index (χ0v) is 15.1. The molecule has 2 aliphatic heterocycles. The number of benzene rings is 1. The van der Waals surface area contributed by atoms with E-state index in [0.29, 0.717) is 24.4 Å². The molecule has 0 spiro atoms. The van der Waals surface area contributed by atoms with Crippen LogP contribution in [-0.4, -0.2) is 54.0 Å². The van der Waals surface area contributed by atoms with Crippen LogP contribution in [0.15, 0.2) is 18.2 Å². The Morgan fingerprint density at radius 3 is 2.73 bits per heavy atom. The molecule has 0 radical (unpaired) electrons. The smallest absolute Gasteiger partial charge is 0.326 e. The van der Waals surface area contributed by atoms with Crippen molar-refractivity contribution in [1.29, 1.82) is 0 Å². The maximum absolute atomic E-state index is 12.9. The number of nitrogens with zero attached hydrogens (tertiary/aromatic N) is 2. The average Bonchev–Trinajstić information content (AvgIpc) is 3.02. The first kappa shape index (κ1) is 18.2. The fraction of sp³-hybridized carbons (Fsp3) is 0.526. The topological polar surface area (TPSA) is 87.2 Å².